The molecule has 2 aromatic carbocycles. The Bertz CT molecular complexity index is 561. The summed E-state index contributed by atoms with van der Waals surface area (Å²) in [5, 5.41) is 15.0. The van der Waals surface area contributed by atoms with Crippen molar-refractivity contribution in [3.8, 4) is 6.07 Å². The van der Waals surface area contributed by atoms with Crippen LogP contribution in [0.3, 0.4) is 0 Å². The highest BCUT2D eigenvalue weighted by atomic mass is 14.9. The van der Waals surface area contributed by atoms with Gasteiger partial charge in [0.25, 0.3) is 0 Å². The number of nitriles is 1. The Morgan fingerprint density at radius 3 is 2.56 bits per heavy atom. The summed E-state index contributed by atoms with van der Waals surface area (Å²) in [5.74, 6) is 0.538. The fourth-order valence-corrected chi connectivity index (χ4v) is 2.08. The first kappa shape index (κ1) is 12.6. The van der Waals surface area contributed by atoms with Crippen molar-refractivity contribution in [2.75, 3.05) is 6.54 Å². The molecule has 0 amide bonds. The number of hydrogen-bond donors (Lipinski definition) is 1. The number of rotatable bonds is 4. The highest BCUT2D eigenvalue weighted by Gasteiger charge is 2.12. The van der Waals surface area contributed by atoms with Crippen LogP contribution in [0.2, 0.25) is 0 Å². The van der Waals surface area contributed by atoms with E-state index >= 15 is 0 Å². The SMILES string of the molecule is CC(C)CNC(C#N)c1cccc2ccccc12. The van der Waals surface area contributed by atoms with E-state index in [0.29, 0.717) is 5.92 Å². The first-order chi connectivity index (χ1) is 8.72. The summed E-state index contributed by atoms with van der Waals surface area (Å²) in [7, 11) is 0. The van der Waals surface area contributed by atoms with E-state index in [-0.39, 0.29) is 6.04 Å². The molecule has 0 aliphatic carbocycles. The zero-order valence-corrected chi connectivity index (χ0v) is 10.9. The van der Waals surface area contributed by atoms with Crippen LogP contribution in [0.5, 0.6) is 0 Å². The van der Waals surface area contributed by atoms with E-state index < -0.39 is 0 Å². The van der Waals surface area contributed by atoms with Gasteiger partial charge in [-0.3, -0.25) is 5.32 Å². The molecule has 2 heteroatoms. The molecule has 0 aliphatic rings. The molecule has 2 aromatic rings. The Labute approximate surface area is 108 Å². The lowest BCUT2D eigenvalue weighted by Crippen LogP contribution is -2.24. The molecule has 18 heavy (non-hydrogen) atoms. The molecule has 0 saturated carbocycles. The Morgan fingerprint density at radius 1 is 1.11 bits per heavy atom. The van der Waals surface area contributed by atoms with Crippen LogP contribution in [0.4, 0.5) is 0 Å². The number of fused-ring (bicyclic) bond motifs is 1. The van der Waals surface area contributed by atoms with Crippen LogP contribution in [-0.4, -0.2) is 6.54 Å². The van der Waals surface area contributed by atoms with Gasteiger partial charge in [-0.25, -0.2) is 0 Å². The Hall–Kier alpha value is -1.85. The van der Waals surface area contributed by atoms with E-state index in [9.17, 15) is 5.26 Å². The number of benzene rings is 2. The average Bonchev–Trinajstić information content (AvgIpc) is 2.39. The molecule has 1 N–H and O–H groups in total. The average molecular weight is 238 g/mol. The molecule has 0 saturated heterocycles. The van der Waals surface area contributed by atoms with Gasteiger partial charge in [0, 0.05) is 0 Å². The monoisotopic (exact) mass is 238 g/mol. The highest BCUT2D eigenvalue weighted by molar-refractivity contribution is 5.86. The van der Waals surface area contributed by atoms with Crippen LogP contribution in [-0.2, 0) is 0 Å². The van der Waals surface area contributed by atoms with Gasteiger partial charge in [0.2, 0.25) is 0 Å². The van der Waals surface area contributed by atoms with Crippen molar-refractivity contribution in [3.05, 3.63) is 48.0 Å². The lowest BCUT2D eigenvalue weighted by atomic mass is 9.99. The molecule has 0 aromatic heterocycles. The number of nitrogens with one attached hydrogen (secondary N) is 1. The van der Waals surface area contributed by atoms with Crippen LogP contribution >= 0.6 is 0 Å². The summed E-state index contributed by atoms with van der Waals surface area (Å²) in [6.45, 7) is 5.14. The predicted molar refractivity (Wildman–Crippen MR) is 75.1 cm³/mol. The molecule has 0 radical (unpaired) electrons. The van der Waals surface area contributed by atoms with E-state index in [4.69, 9.17) is 0 Å². The fraction of sp³-hybridized carbons (Fsp3) is 0.312. The Kier molecular flexibility index (Phi) is 3.96. The second-order valence-electron chi connectivity index (χ2n) is 4.93. The van der Waals surface area contributed by atoms with Crippen LogP contribution in [0, 0.1) is 17.2 Å². The van der Waals surface area contributed by atoms with Crippen molar-refractivity contribution in [3.63, 3.8) is 0 Å². The van der Waals surface area contributed by atoms with Gasteiger partial charge in [-0.05, 0) is 28.8 Å². The maximum atomic E-state index is 9.34. The summed E-state index contributed by atoms with van der Waals surface area (Å²) in [4.78, 5) is 0. The third kappa shape index (κ3) is 2.69. The molecular formula is C16H18N2. The molecule has 0 spiro atoms. The topological polar surface area (TPSA) is 35.8 Å². The van der Waals surface area contributed by atoms with Gasteiger partial charge in [0.1, 0.15) is 6.04 Å². The second-order valence-corrected chi connectivity index (χ2v) is 4.93. The molecule has 0 heterocycles. The highest BCUT2D eigenvalue weighted by Crippen LogP contribution is 2.24. The second kappa shape index (κ2) is 5.66. The van der Waals surface area contributed by atoms with Crippen molar-refractivity contribution in [1.29, 1.82) is 5.26 Å². The largest absolute Gasteiger partial charge is 0.298 e. The minimum Gasteiger partial charge on any atom is -0.298 e. The van der Waals surface area contributed by atoms with Crippen LogP contribution in [0.15, 0.2) is 42.5 Å². The van der Waals surface area contributed by atoms with Gasteiger partial charge in [-0.2, -0.15) is 5.26 Å². The Balaban J connectivity index is 2.36. The van der Waals surface area contributed by atoms with Crippen LogP contribution in [0.1, 0.15) is 25.5 Å². The fourth-order valence-electron chi connectivity index (χ4n) is 2.08. The van der Waals surface area contributed by atoms with Gasteiger partial charge in [-0.1, -0.05) is 56.3 Å². The van der Waals surface area contributed by atoms with E-state index in [2.05, 4.69) is 43.4 Å². The number of nitrogens with zero attached hydrogens (tertiary/aromatic N) is 1. The summed E-state index contributed by atoms with van der Waals surface area (Å²) in [6.07, 6.45) is 0. The van der Waals surface area contributed by atoms with Crippen molar-refractivity contribution >= 4 is 10.8 Å². The van der Waals surface area contributed by atoms with Crippen LogP contribution < -0.4 is 5.32 Å². The molecule has 0 aliphatic heterocycles. The molecule has 2 rings (SSSR count). The van der Waals surface area contributed by atoms with Crippen molar-refractivity contribution < 1.29 is 0 Å². The van der Waals surface area contributed by atoms with E-state index in [1.54, 1.807) is 0 Å². The maximum absolute atomic E-state index is 9.34. The van der Waals surface area contributed by atoms with E-state index in [1.165, 1.54) is 5.39 Å². The molecule has 2 nitrogen and oxygen atoms in total. The first-order valence-corrected chi connectivity index (χ1v) is 6.33. The Morgan fingerprint density at radius 2 is 1.83 bits per heavy atom. The molecule has 0 bridgehead atoms. The van der Waals surface area contributed by atoms with Gasteiger partial charge in [-0.15, -0.1) is 0 Å². The van der Waals surface area contributed by atoms with Crippen LogP contribution in [0.25, 0.3) is 10.8 Å². The minimum absolute atomic E-state index is 0.238. The standard InChI is InChI=1S/C16H18N2/c1-12(2)11-18-16(10-17)15-9-5-7-13-6-3-4-8-14(13)15/h3-9,12,16,18H,11H2,1-2H3. The number of hydrogen-bond acceptors (Lipinski definition) is 2. The predicted octanol–water partition coefficient (Wildman–Crippen LogP) is 3.65. The molecule has 92 valence electrons. The first-order valence-electron chi connectivity index (χ1n) is 6.33. The summed E-state index contributed by atoms with van der Waals surface area (Å²) >= 11 is 0. The van der Waals surface area contributed by atoms with Crippen molar-refractivity contribution in [2.24, 2.45) is 5.92 Å². The van der Waals surface area contributed by atoms with Crippen molar-refractivity contribution in [1.82, 2.24) is 5.32 Å². The van der Waals surface area contributed by atoms with Gasteiger partial charge < -0.3 is 0 Å². The van der Waals surface area contributed by atoms with Gasteiger partial charge in [0.15, 0.2) is 0 Å². The quantitative estimate of drug-likeness (QED) is 0.882. The molecule has 1 unspecified atom stereocenters. The van der Waals surface area contributed by atoms with E-state index in [1.807, 2.05) is 24.3 Å². The lowest BCUT2D eigenvalue weighted by molar-refractivity contribution is 0.526. The van der Waals surface area contributed by atoms with Gasteiger partial charge >= 0.3 is 0 Å². The smallest absolute Gasteiger partial charge is 0.121 e. The summed E-state index contributed by atoms with van der Waals surface area (Å²) in [6, 6.07) is 16.4. The summed E-state index contributed by atoms with van der Waals surface area (Å²) < 4.78 is 0. The summed E-state index contributed by atoms with van der Waals surface area (Å²) in [5.41, 5.74) is 1.07. The lowest BCUT2D eigenvalue weighted by Gasteiger charge is -2.15. The van der Waals surface area contributed by atoms with Crippen molar-refractivity contribution in [2.45, 2.75) is 19.9 Å². The third-order valence-electron chi connectivity index (χ3n) is 2.99. The zero-order chi connectivity index (χ0) is 13.0. The maximum Gasteiger partial charge on any atom is 0.121 e. The molecule has 1 atom stereocenters. The normalized spacial score (nSPS) is 12.6. The third-order valence-corrected chi connectivity index (χ3v) is 2.99. The molecule has 0 fully saturated rings. The minimum atomic E-state index is -0.238. The van der Waals surface area contributed by atoms with E-state index in [0.717, 1.165) is 17.5 Å². The zero-order valence-electron chi connectivity index (χ0n) is 10.9. The van der Waals surface area contributed by atoms with Gasteiger partial charge in [0.05, 0.1) is 6.07 Å². The molecular weight excluding hydrogens is 220 g/mol.